The summed E-state index contributed by atoms with van der Waals surface area (Å²) in [7, 11) is 1.11. The molecule has 1 aliphatic heterocycles. The van der Waals surface area contributed by atoms with Crippen molar-refractivity contribution in [2.45, 2.75) is 6.10 Å². The van der Waals surface area contributed by atoms with Crippen molar-refractivity contribution in [2.24, 2.45) is 0 Å². The number of nitrogens with one attached hydrogen (secondary N) is 2. The van der Waals surface area contributed by atoms with Gasteiger partial charge in [0.25, 0.3) is 0 Å². The Bertz CT molecular complexity index is 491. The lowest BCUT2D eigenvalue weighted by Gasteiger charge is -2.24. The van der Waals surface area contributed by atoms with Crippen LogP contribution in [0, 0.1) is 11.6 Å². The smallest absolute Gasteiger partial charge is 0.340 e. The van der Waals surface area contributed by atoms with E-state index in [4.69, 9.17) is 4.74 Å². The summed E-state index contributed by atoms with van der Waals surface area (Å²) < 4.78 is 37.3. The lowest BCUT2D eigenvalue weighted by molar-refractivity contribution is 0.0372. The summed E-state index contributed by atoms with van der Waals surface area (Å²) in [5.74, 6) is -3.23. The summed E-state index contributed by atoms with van der Waals surface area (Å²) in [4.78, 5) is 11.2. The van der Waals surface area contributed by atoms with Crippen LogP contribution in [0.3, 0.4) is 0 Å². The number of halogens is 2. The zero-order chi connectivity index (χ0) is 14.5. The quantitative estimate of drug-likeness (QED) is 0.813. The molecule has 0 aliphatic carbocycles. The fourth-order valence-electron chi connectivity index (χ4n) is 1.93. The number of rotatable bonds is 4. The van der Waals surface area contributed by atoms with Gasteiger partial charge < -0.3 is 20.1 Å². The van der Waals surface area contributed by atoms with Crippen LogP contribution >= 0.6 is 0 Å². The molecule has 110 valence electrons. The number of anilines is 1. The maximum Gasteiger partial charge on any atom is 0.340 e. The fraction of sp³-hybridized carbons (Fsp3) is 0.462. The SMILES string of the molecule is COC(=O)c1ccc(NCC2CNCCO2)c(F)c1F. The second kappa shape index (κ2) is 6.62. The van der Waals surface area contributed by atoms with Crippen LogP contribution in [0.1, 0.15) is 10.4 Å². The molecule has 1 saturated heterocycles. The fourth-order valence-corrected chi connectivity index (χ4v) is 1.93. The average Bonchev–Trinajstić information content (AvgIpc) is 2.49. The molecule has 2 N–H and O–H groups in total. The molecular formula is C13H16F2N2O3. The average molecular weight is 286 g/mol. The Morgan fingerprint density at radius 3 is 2.95 bits per heavy atom. The van der Waals surface area contributed by atoms with Crippen molar-refractivity contribution in [1.82, 2.24) is 5.32 Å². The Balaban J connectivity index is 2.05. The van der Waals surface area contributed by atoms with Gasteiger partial charge in [0.05, 0.1) is 31.1 Å². The molecule has 1 aliphatic rings. The highest BCUT2D eigenvalue weighted by Gasteiger charge is 2.20. The molecule has 0 bridgehead atoms. The van der Waals surface area contributed by atoms with Crippen LogP contribution in [0.4, 0.5) is 14.5 Å². The molecule has 1 aromatic carbocycles. The number of methoxy groups -OCH3 is 1. The minimum absolute atomic E-state index is 0.00988. The van der Waals surface area contributed by atoms with Gasteiger partial charge in [-0.15, -0.1) is 0 Å². The van der Waals surface area contributed by atoms with Crippen LogP contribution < -0.4 is 10.6 Å². The van der Waals surface area contributed by atoms with Crippen LogP contribution in [0.2, 0.25) is 0 Å². The minimum Gasteiger partial charge on any atom is -0.465 e. The van der Waals surface area contributed by atoms with Crippen LogP contribution in [0.5, 0.6) is 0 Å². The summed E-state index contributed by atoms with van der Waals surface area (Å²) >= 11 is 0. The first-order valence-electron chi connectivity index (χ1n) is 6.26. The summed E-state index contributed by atoms with van der Waals surface area (Å²) in [6, 6.07) is 2.49. The highest BCUT2D eigenvalue weighted by molar-refractivity contribution is 5.90. The zero-order valence-electron chi connectivity index (χ0n) is 11.0. The molecule has 1 heterocycles. The Labute approximate surface area is 115 Å². The van der Waals surface area contributed by atoms with E-state index in [9.17, 15) is 13.6 Å². The van der Waals surface area contributed by atoms with Gasteiger partial charge in [0.2, 0.25) is 0 Å². The normalized spacial score (nSPS) is 18.6. The van der Waals surface area contributed by atoms with E-state index in [1.807, 2.05) is 0 Å². The summed E-state index contributed by atoms with van der Waals surface area (Å²) in [6.45, 7) is 2.37. The van der Waals surface area contributed by atoms with Crippen molar-refractivity contribution >= 4 is 11.7 Å². The van der Waals surface area contributed by atoms with Gasteiger partial charge in [-0.05, 0) is 12.1 Å². The van der Waals surface area contributed by atoms with E-state index in [0.29, 0.717) is 19.7 Å². The van der Waals surface area contributed by atoms with Crippen molar-refractivity contribution in [3.05, 3.63) is 29.3 Å². The van der Waals surface area contributed by atoms with E-state index in [-0.39, 0.29) is 11.8 Å². The molecular weight excluding hydrogens is 270 g/mol. The number of esters is 1. The van der Waals surface area contributed by atoms with E-state index in [0.717, 1.165) is 13.7 Å². The number of hydrogen-bond donors (Lipinski definition) is 2. The lowest BCUT2D eigenvalue weighted by Crippen LogP contribution is -2.42. The molecule has 1 unspecified atom stereocenters. The second-order valence-corrected chi connectivity index (χ2v) is 4.36. The Kier molecular flexibility index (Phi) is 4.86. The number of carbonyl (C=O) groups excluding carboxylic acids is 1. The lowest BCUT2D eigenvalue weighted by atomic mass is 10.1. The Morgan fingerprint density at radius 1 is 1.50 bits per heavy atom. The predicted octanol–water partition coefficient (Wildman–Crippen LogP) is 1.15. The van der Waals surface area contributed by atoms with Gasteiger partial charge in [0, 0.05) is 19.6 Å². The molecule has 0 spiro atoms. The van der Waals surface area contributed by atoms with Crippen molar-refractivity contribution in [1.29, 1.82) is 0 Å². The first-order valence-corrected chi connectivity index (χ1v) is 6.26. The molecule has 7 heteroatoms. The van der Waals surface area contributed by atoms with Gasteiger partial charge in [-0.1, -0.05) is 0 Å². The summed E-state index contributed by atoms with van der Waals surface area (Å²) in [6.07, 6.45) is -0.105. The standard InChI is InChI=1S/C13H16F2N2O3/c1-19-13(18)9-2-3-10(12(15)11(9)14)17-7-8-6-16-4-5-20-8/h2-3,8,16-17H,4-7H2,1H3. The van der Waals surface area contributed by atoms with Gasteiger partial charge in [-0.3, -0.25) is 0 Å². The zero-order valence-corrected chi connectivity index (χ0v) is 11.0. The number of ether oxygens (including phenoxy) is 2. The number of carbonyl (C=O) groups is 1. The van der Waals surface area contributed by atoms with E-state index in [2.05, 4.69) is 15.4 Å². The molecule has 0 amide bonds. The molecule has 1 atom stereocenters. The Hall–Kier alpha value is -1.73. The number of benzene rings is 1. The third-order valence-electron chi connectivity index (χ3n) is 3.01. The summed E-state index contributed by atoms with van der Waals surface area (Å²) in [5.41, 5.74) is -0.435. The number of hydrogen-bond acceptors (Lipinski definition) is 5. The van der Waals surface area contributed by atoms with Crippen LogP contribution in [-0.2, 0) is 9.47 Å². The van der Waals surface area contributed by atoms with Gasteiger partial charge in [0.15, 0.2) is 11.6 Å². The molecule has 5 nitrogen and oxygen atoms in total. The molecule has 20 heavy (non-hydrogen) atoms. The molecule has 2 rings (SSSR count). The van der Waals surface area contributed by atoms with E-state index in [1.54, 1.807) is 0 Å². The van der Waals surface area contributed by atoms with Gasteiger partial charge in [-0.2, -0.15) is 0 Å². The van der Waals surface area contributed by atoms with Crippen LogP contribution in [-0.4, -0.2) is 45.4 Å². The predicted molar refractivity (Wildman–Crippen MR) is 68.8 cm³/mol. The van der Waals surface area contributed by atoms with Gasteiger partial charge in [0.1, 0.15) is 0 Å². The monoisotopic (exact) mass is 286 g/mol. The first-order chi connectivity index (χ1) is 9.63. The molecule has 1 fully saturated rings. The maximum absolute atomic E-state index is 13.8. The molecule has 0 saturated carbocycles. The molecule has 0 aromatic heterocycles. The van der Waals surface area contributed by atoms with Gasteiger partial charge in [-0.25, -0.2) is 13.6 Å². The topological polar surface area (TPSA) is 59.6 Å². The summed E-state index contributed by atoms with van der Waals surface area (Å²) in [5, 5.41) is 5.91. The van der Waals surface area contributed by atoms with Crippen LogP contribution in [0.15, 0.2) is 12.1 Å². The third kappa shape index (κ3) is 3.23. The first kappa shape index (κ1) is 14.7. The largest absolute Gasteiger partial charge is 0.465 e. The van der Waals surface area contributed by atoms with E-state index in [1.165, 1.54) is 12.1 Å². The third-order valence-corrected chi connectivity index (χ3v) is 3.01. The van der Waals surface area contributed by atoms with Crippen molar-refractivity contribution in [3.8, 4) is 0 Å². The van der Waals surface area contributed by atoms with Crippen molar-refractivity contribution in [2.75, 3.05) is 38.7 Å². The molecule has 1 aromatic rings. The number of morpholine rings is 1. The second-order valence-electron chi connectivity index (χ2n) is 4.36. The highest BCUT2D eigenvalue weighted by Crippen LogP contribution is 2.21. The van der Waals surface area contributed by atoms with Crippen molar-refractivity contribution < 1.29 is 23.0 Å². The highest BCUT2D eigenvalue weighted by atomic mass is 19.2. The minimum atomic E-state index is -1.22. The Morgan fingerprint density at radius 2 is 2.30 bits per heavy atom. The van der Waals surface area contributed by atoms with E-state index >= 15 is 0 Å². The van der Waals surface area contributed by atoms with Gasteiger partial charge >= 0.3 is 5.97 Å². The van der Waals surface area contributed by atoms with Crippen LogP contribution in [0.25, 0.3) is 0 Å². The maximum atomic E-state index is 13.8. The van der Waals surface area contributed by atoms with E-state index < -0.39 is 23.2 Å². The van der Waals surface area contributed by atoms with Crippen molar-refractivity contribution in [3.63, 3.8) is 0 Å². The molecule has 0 radical (unpaired) electrons.